The van der Waals surface area contributed by atoms with E-state index in [1.165, 1.54) is 24.3 Å². The molecule has 0 aliphatic carbocycles. The monoisotopic (exact) mass is 262 g/mol. The minimum absolute atomic E-state index is 0.161. The van der Waals surface area contributed by atoms with Crippen LogP contribution in [0.1, 0.15) is 20.8 Å². The third-order valence-corrected chi connectivity index (χ3v) is 5.32. The maximum absolute atomic E-state index is 12.0. The average Bonchev–Trinajstić information content (AvgIpc) is 2.16. The van der Waals surface area contributed by atoms with Gasteiger partial charge in [0.05, 0.1) is 14.5 Å². The molecule has 1 N–H and O–H groups in total. The largest absolute Gasteiger partial charge is 0.302 e. The highest BCUT2D eigenvalue weighted by atomic mass is 32.2. The predicted octanol–water partition coefficient (Wildman–Crippen LogP) is 1.84. The molecule has 0 fully saturated rings. The zero-order valence-corrected chi connectivity index (χ0v) is 10.9. The van der Waals surface area contributed by atoms with E-state index in [1.807, 2.05) is 0 Å². The molecule has 0 aliphatic heterocycles. The Bertz CT molecular complexity index is 495. The Hall–Kier alpha value is -0.720. The van der Waals surface area contributed by atoms with Gasteiger partial charge in [-0.15, -0.1) is 0 Å². The van der Waals surface area contributed by atoms with Crippen LogP contribution >= 0.6 is 0 Å². The Morgan fingerprint density at radius 2 is 1.56 bits per heavy atom. The minimum Gasteiger partial charge on any atom is -0.302 e. The van der Waals surface area contributed by atoms with Gasteiger partial charge in [0, 0.05) is 0 Å². The Morgan fingerprint density at radius 3 is 1.88 bits per heavy atom. The van der Waals surface area contributed by atoms with Crippen LogP contribution in [0.15, 0.2) is 34.1 Å². The maximum atomic E-state index is 12.0. The van der Waals surface area contributed by atoms with Gasteiger partial charge in [-0.25, -0.2) is 12.6 Å². The maximum Gasteiger partial charge on any atom is 0.186 e. The van der Waals surface area contributed by atoms with Crippen LogP contribution in [0.4, 0.5) is 0 Å². The van der Waals surface area contributed by atoms with Crippen molar-refractivity contribution >= 4 is 20.9 Å². The predicted molar refractivity (Wildman–Crippen MR) is 62.4 cm³/mol. The molecule has 0 saturated carbocycles. The first-order valence-corrected chi connectivity index (χ1v) is 7.21. The molecule has 0 aromatic heterocycles. The van der Waals surface area contributed by atoms with Crippen LogP contribution in [0, 0.1) is 0 Å². The molecule has 1 aromatic carbocycles. The molecular weight excluding hydrogens is 248 g/mol. The van der Waals surface area contributed by atoms with Gasteiger partial charge >= 0.3 is 0 Å². The number of sulfone groups is 1. The lowest BCUT2D eigenvalue weighted by molar-refractivity contribution is 0.558. The van der Waals surface area contributed by atoms with Gasteiger partial charge in [0.15, 0.2) is 20.9 Å². The van der Waals surface area contributed by atoms with E-state index in [1.54, 1.807) is 20.8 Å². The highest BCUT2D eigenvalue weighted by Gasteiger charge is 2.30. The molecule has 0 aliphatic rings. The second kappa shape index (κ2) is 4.27. The molecule has 16 heavy (non-hydrogen) atoms. The summed E-state index contributed by atoms with van der Waals surface area (Å²) in [5, 5.41) is 0. The summed E-state index contributed by atoms with van der Waals surface area (Å²) in [6, 6.07) is 5.39. The average molecular weight is 262 g/mol. The third-order valence-electron chi connectivity index (χ3n) is 2.14. The van der Waals surface area contributed by atoms with Crippen molar-refractivity contribution < 1.29 is 17.2 Å². The molecule has 1 rings (SSSR count). The zero-order valence-electron chi connectivity index (χ0n) is 9.30. The van der Waals surface area contributed by atoms with Crippen molar-refractivity contribution in [1.82, 2.24) is 0 Å². The van der Waals surface area contributed by atoms with Gasteiger partial charge in [-0.3, -0.25) is 0 Å². The first-order chi connectivity index (χ1) is 7.16. The van der Waals surface area contributed by atoms with Gasteiger partial charge in [0.1, 0.15) is 0 Å². The number of rotatable bonds is 2. The van der Waals surface area contributed by atoms with Crippen molar-refractivity contribution in [2.45, 2.75) is 35.3 Å². The van der Waals surface area contributed by atoms with Crippen LogP contribution in [-0.4, -0.2) is 21.9 Å². The standard InChI is InChI=1S/C10H14O4S2/c1-10(2,3)16(13,14)9-6-4-8(5-7-9)15(11)12/h4-7H,1-3H3,(H,11,12). The first-order valence-electron chi connectivity index (χ1n) is 4.62. The normalized spacial score (nSPS) is 14.8. The lowest BCUT2D eigenvalue weighted by Crippen LogP contribution is -2.27. The van der Waals surface area contributed by atoms with E-state index in [9.17, 15) is 12.6 Å². The van der Waals surface area contributed by atoms with Crippen LogP contribution in [-0.2, 0) is 20.9 Å². The van der Waals surface area contributed by atoms with E-state index < -0.39 is 25.7 Å². The number of benzene rings is 1. The van der Waals surface area contributed by atoms with Crippen LogP contribution in [0.5, 0.6) is 0 Å². The zero-order chi connectivity index (χ0) is 12.6. The van der Waals surface area contributed by atoms with Crippen LogP contribution < -0.4 is 0 Å². The van der Waals surface area contributed by atoms with Crippen molar-refractivity contribution in [2.75, 3.05) is 0 Å². The van der Waals surface area contributed by atoms with Crippen molar-refractivity contribution in [1.29, 1.82) is 0 Å². The van der Waals surface area contributed by atoms with Crippen molar-refractivity contribution in [3.05, 3.63) is 24.3 Å². The fourth-order valence-electron chi connectivity index (χ4n) is 1.09. The van der Waals surface area contributed by atoms with E-state index in [0.29, 0.717) is 0 Å². The lowest BCUT2D eigenvalue weighted by Gasteiger charge is -2.19. The quantitative estimate of drug-likeness (QED) is 0.825. The summed E-state index contributed by atoms with van der Waals surface area (Å²) < 4.78 is 42.6. The molecule has 0 saturated heterocycles. The topological polar surface area (TPSA) is 71.4 Å². The molecule has 0 bridgehead atoms. The number of hydrogen-bond acceptors (Lipinski definition) is 3. The molecule has 90 valence electrons. The minimum atomic E-state index is -3.40. The van der Waals surface area contributed by atoms with Gasteiger partial charge in [-0.2, -0.15) is 0 Å². The third kappa shape index (κ3) is 2.50. The van der Waals surface area contributed by atoms with E-state index in [0.717, 1.165) is 0 Å². The summed E-state index contributed by atoms with van der Waals surface area (Å²) in [5.74, 6) is 0. The second-order valence-electron chi connectivity index (χ2n) is 4.34. The van der Waals surface area contributed by atoms with Crippen LogP contribution in [0.2, 0.25) is 0 Å². The molecule has 0 heterocycles. The molecular formula is C10H14O4S2. The van der Waals surface area contributed by atoms with Crippen molar-refractivity contribution in [3.8, 4) is 0 Å². The van der Waals surface area contributed by atoms with Crippen LogP contribution in [0.3, 0.4) is 0 Å². The Labute approximate surface area is 97.9 Å². The molecule has 1 atom stereocenters. The summed E-state index contributed by atoms with van der Waals surface area (Å²) in [5.41, 5.74) is 0. The summed E-state index contributed by atoms with van der Waals surface area (Å²) in [6.07, 6.45) is 0. The van der Waals surface area contributed by atoms with Gasteiger partial charge in [0.25, 0.3) is 0 Å². The fourth-order valence-corrected chi connectivity index (χ4v) is 2.66. The fraction of sp³-hybridized carbons (Fsp3) is 0.400. The van der Waals surface area contributed by atoms with Gasteiger partial charge in [-0.1, -0.05) is 0 Å². The van der Waals surface area contributed by atoms with Gasteiger partial charge in [-0.05, 0) is 45.0 Å². The first kappa shape index (κ1) is 13.3. The SMILES string of the molecule is CC(C)(C)S(=O)(=O)c1ccc(S(=O)O)cc1. The van der Waals surface area contributed by atoms with Crippen LogP contribution in [0.25, 0.3) is 0 Å². The van der Waals surface area contributed by atoms with Gasteiger partial charge < -0.3 is 4.55 Å². The second-order valence-corrected chi connectivity index (χ2v) is 8.01. The Kier molecular flexibility index (Phi) is 3.56. The van der Waals surface area contributed by atoms with E-state index >= 15 is 0 Å². The molecule has 1 aromatic rings. The summed E-state index contributed by atoms with van der Waals surface area (Å²) in [6.45, 7) is 4.83. The Balaban J connectivity index is 3.23. The lowest BCUT2D eigenvalue weighted by atomic mass is 10.3. The summed E-state index contributed by atoms with van der Waals surface area (Å²) >= 11 is -2.08. The molecule has 0 radical (unpaired) electrons. The molecule has 0 spiro atoms. The summed E-state index contributed by atoms with van der Waals surface area (Å²) in [4.78, 5) is 0.349. The Morgan fingerprint density at radius 1 is 1.12 bits per heavy atom. The van der Waals surface area contributed by atoms with E-state index in [-0.39, 0.29) is 9.79 Å². The van der Waals surface area contributed by atoms with E-state index in [4.69, 9.17) is 4.55 Å². The molecule has 4 nitrogen and oxygen atoms in total. The molecule has 1 unspecified atom stereocenters. The van der Waals surface area contributed by atoms with Crippen molar-refractivity contribution in [2.24, 2.45) is 0 Å². The smallest absolute Gasteiger partial charge is 0.186 e. The molecule has 6 heteroatoms. The number of hydrogen-bond donors (Lipinski definition) is 1. The summed E-state index contributed by atoms with van der Waals surface area (Å²) in [7, 11) is -3.40. The highest BCUT2D eigenvalue weighted by molar-refractivity contribution is 7.92. The van der Waals surface area contributed by atoms with E-state index in [2.05, 4.69) is 0 Å². The highest BCUT2D eigenvalue weighted by Crippen LogP contribution is 2.25. The molecule has 0 amide bonds. The van der Waals surface area contributed by atoms with Gasteiger partial charge in [0.2, 0.25) is 0 Å². The van der Waals surface area contributed by atoms with Crippen molar-refractivity contribution in [3.63, 3.8) is 0 Å².